The molecule has 3 nitrogen and oxygen atoms in total. The minimum Gasteiger partial charge on any atom is -0.508 e. The van der Waals surface area contributed by atoms with E-state index in [1.54, 1.807) is 24.3 Å². The van der Waals surface area contributed by atoms with Gasteiger partial charge in [-0.15, -0.1) is 0 Å². The lowest BCUT2D eigenvalue weighted by atomic mass is 10.0. The normalized spacial score (nSPS) is 9.94. The van der Waals surface area contributed by atoms with Gasteiger partial charge in [0.05, 0.1) is 11.3 Å². The minimum absolute atomic E-state index is 0.205. The van der Waals surface area contributed by atoms with Gasteiger partial charge in [0, 0.05) is 11.3 Å². The van der Waals surface area contributed by atoms with Gasteiger partial charge in [0.1, 0.15) is 11.8 Å². The van der Waals surface area contributed by atoms with Crippen molar-refractivity contribution in [1.82, 2.24) is 4.98 Å². The Hall–Kier alpha value is -2.34. The van der Waals surface area contributed by atoms with Crippen LogP contribution in [0.1, 0.15) is 16.8 Å². The Morgan fingerprint density at radius 3 is 2.41 bits per heavy atom. The number of aromatic nitrogens is 1. The van der Waals surface area contributed by atoms with E-state index in [0.717, 1.165) is 16.8 Å². The lowest BCUT2D eigenvalue weighted by Crippen LogP contribution is -1.95. The Bertz CT molecular complexity index is 595. The number of benzene rings is 1. The third-order valence-corrected chi connectivity index (χ3v) is 2.60. The van der Waals surface area contributed by atoms with Crippen molar-refractivity contribution in [2.45, 2.75) is 13.8 Å². The molecule has 0 aliphatic rings. The number of nitrogens with zero attached hydrogens (tertiary/aromatic N) is 2. The molecular formula is C14H12N2O. The zero-order chi connectivity index (χ0) is 12.4. The molecule has 3 heteroatoms. The standard InChI is InChI=1S/C14H12N2O/c1-9-7-10(2)16-14(13(9)8-15)11-3-5-12(17)6-4-11/h3-7,17H,1-2H3. The lowest BCUT2D eigenvalue weighted by Gasteiger charge is -2.07. The zero-order valence-corrected chi connectivity index (χ0v) is 9.73. The van der Waals surface area contributed by atoms with Gasteiger partial charge in [0.15, 0.2) is 0 Å². The topological polar surface area (TPSA) is 56.9 Å². The average Bonchev–Trinajstić information content (AvgIpc) is 2.29. The molecule has 0 fully saturated rings. The van der Waals surface area contributed by atoms with Crippen molar-refractivity contribution in [2.75, 3.05) is 0 Å². The van der Waals surface area contributed by atoms with Crippen LogP contribution in [0.3, 0.4) is 0 Å². The Morgan fingerprint density at radius 2 is 1.82 bits per heavy atom. The number of nitriles is 1. The van der Waals surface area contributed by atoms with Crippen LogP contribution in [-0.2, 0) is 0 Å². The van der Waals surface area contributed by atoms with Gasteiger partial charge in [-0.1, -0.05) is 0 Å². The second-order valence-corrected chi connectivity index (χ2v) is 3.96. The van der Waals surface area contributed by atoms with Crippen LogP contribution < -0.4 is 0 Å². The highest BCUT2D eigenvalue weighted by molar-refractivity contribution is 5.68. The first-order valence-electron chi connectivity index (χ1n) is 5.29. The molecule has 0 aliphatic carbocycles. The predicted molar refractivity (Wildman–Crippen MR) is 65.5 cm³/mol. The van der Waals surface area contributed by atoms with Crippen LogP contribution >= 0.6 is 0 Å². The fourth-order valence-electron chi connectivity index (χ4n) is 1.81. The molecule has 2 aromatic rings. The monoisotopic (exact) mass is 224 g/mol. The summed E-state index contributed by atoms with van der Waals surface area (Å²) in [5.41, 5.74) is 3.89. The molecule has 0 spiro atoms. The quantitative estimate of drug-likeness (QED) is 0.810. The Balaban J connectivity index is 2.66. The highest BCUT2D eigenvalue weighted by Gasteiger charge is 2.10. The van der Waals surface area contributed by atoms with Crippen LogP contribution in [-0.4, -0.2) is 10.1 Å². The van der Waals surface area contributed by atoms with Gasteiger partial charge in [-0.05, 0) is 49.7 Å². The van der Waals surface area contributed by atoms with E-state index in [1.165, 1.54) is 0 Å². The molecule has 84 valence electrons. The van der Waals surface area contributed by atoms with E-state index in [9.17, 15) is 5.11 Å². The molecular weight excluding hydrogens is 212 g/mol. The third kappa shape index (κ3) is 2.11. The second-order valence-electron chi connectivity index (χ2n) is 3.96. The van der Waals surface area contributed by atoms with Crippen LogP contribution in [0.15, 0.2) is 30.3 Å². The van der Waals surface area contributed by atoms with Crippen LogP contribution in [0.25, 0.3) is 11.3 Å². The maximum Gasteiger partial charge on any atom is 0.115 e. The summed E-state index contributed by atoms with van der Waals surface area (Å²) in [6.07, 6.45) is 0. The van der Waals surface area contributed by atoms with E-state index in [0.29, 0.717) is 11.3 Å². The largest absolute Gasteiger partial charge is 0.508 e. The summed E-state index contributed by atoms with van der Waals surface area (Å²) in [7, 11) is 0. The van der Waals surface area contributed by atoms with Crippen LogP contribution in [0.2, 0.25) is 0 Å². The molecule has 0 aliphatic heterocycles. The van der Waals surface area contributed by atoms with Gasteiger partial charge in [-0.25, -0.2) is 0 Å². The third-order valence-electron chi connectivity index (χ3n) is 2.60. The van der Waals surface area contributed by atoms with Crippen molar-refractivity contribution >= 4 is 0 Å². The van der Waals surface area contributed by atoms with Crippen molar-refractivity contribution < 1.29 is 5.11 Å². The summed E-state index contributed by atoms with van der Waals surface area (Å²) in [5, 5.41) is 18.4. The molecule has 0 saturated heterocycles. The second kappa shape index (κ2) is 4.26. The number of phenols is 1. The number of hydrogen-bond donors (Lipinski definition) is 1. The zero-order valence-electron chi connectivity index (χ0n) is 9.73. The van der Waals surface area contributed by atoms with Gasteiger partial charge in [0.25, 0.3) is 0 Å². The molecule has 1 N–H and O–H groups in total. The maximum atomic E-state index is 9.25. The first-order chi connectivity index (χ1) is 8.11. The molecule has 1 heterocycles. The first-order valence-corrected chi connectivity index (χ1v) is 5.29. The molecule has 17 heavy (non-hydrogen) atoms. The molecule has 0 unspecified atom stereocenters. The number of aryl methyl sites for hydroxylation is 2. The first kappa shape index (κ1) is 11.2. The van der Waals surface area contributed by atoms with E-state index in [1.807, 2.05) is 19.9 Å². The lowest BCUT2D eigenvalue weighted by molar-refractivity contribution is 0.475. The van der Waals surface area contributed by atoms with Gasteiger partial charge in [-0.2, -0.15) is 5.26 Å². The van der Waals surface area contributed by atoms with E-state index in [2.05, 4.69) is 11.1 Å². The smallest absolute Gasteiger partial charge is 0.115 e. The number of pyridine rings is 1. The van der Waals surface area contributed by atoms with Crippen molar-refractivity contribution in [1.29, 1.82) is 5.26 Å². The minimum atomic E-state index is 0.205. The Labute approximate surface area is 100.0 Å². The molecule has 0 amide bonds. The average molecular weight is 224 g/mol. The molecule has 0 radical (unpaired) electrons. The Morgan fingerprint density at radius 1 is 1.18 bits per heavy atom. The van der Waals surface area contributed by atoms with E-state index >= 15 is 0 Å². The maximum absolute atomic E-state index is 9.25. The van der Waals surface area contributed by atoms with Gasteiger partial charge in [-0.3, -0.25) is 4.98 Å². The Kier molecular flexibility index (Phi) is 2.80. The fraction of sp³-hybridized carbons (Fsp3) is 0.143. The molecule has 1 aromatic carbocycles. The molecule has 0 bridgehead atoms. The van der Waals surface area contributed by atoms with E-state index in [-0.39, 0.29) is 5.75 Å². The van der Waals surface area contributed by atoms with Gasteiger partial charge >= 0.3 is 0 Å². The van der Waals surface area contributed by atoms with Crippen molar-refractivity contribution in [3.8, 4) is 23.1 Å². The van der Waals surface area contributed by atoms with Gasteiger partial charge < -0.3 is 5.11 Å². The SMILES string of the molecule is Cc1cc(C)c(C#N)c(-c2ccc(O)cc2)n1. The van der Waals surface area contributed by atoms with Crippen LogP contribution in [0, 0.1) is 25.2 Å². The number of rotatable bonds is 1. The number of aromatic hydroxyl groups is 1. The fourth-order valence-corrected chi connectivity index (χ4v) is 1.81. The van der Waals surface area contributed by atoms with Crippen LogP contribution in [0.5, 0.6) is 5.75 Å². The van der Waals surface area contributed by atoms with E-state index < -0.39 is 0 Å². The summed E-state index contributed by atoms with van der Waals surface area (Å²) < 4.78 is 0. The molecule has 2 rings (SSSR count). The van der Waals surface area contributed by atoms with Crippen molar-refractivity contribution in [3.05, 3.63) is 47.2 Å². The van der Waals surface area contributed by atoms with Crippen LogP contribution in [0.4, 0.5) is 0 Å². The summed E-state index contributed by atoms with van der Waals surface area (Å²) in [5.74, 6) is 0.205. The number of hydrogen-bond acceptors (Lipinski definition) is 3. The van der Waals surface area contributed by atoms with E-state index in [4.69, 9.17) is 5.26 Å². The highest BCUT2D eigenvalue weighted by atomic mass is 16.3. The molecule has 0 saturated carbocycles. The summed E-state index contributed by atoms with van der Waals surface area (Å²) in [6.45, 7) is 3.80. The summed E-state index contributed by atoms with van der Waals surface area (Å²) in [4.78, 5) is 4.40. The highest BCUT2D eigenvalue weighted by Crippen LogP contribution is 2.25. The molecule has 0 atom stereocenters. The summed E-state index contributed by atoms with van der Waals surface area (Å²) in [6, 6.07) is 10.8. The van der Waals surface area contributed by atoms with Gasteiger partial charge in [0.2, 0.25) is 0 Å². The van der Waals surface area contributed by atoms with Crippen molar-refractivity contribution in [2.24, 2.45) is 0 Å². The van der Waals surface area contributed by atoms with Crippen molar-refractivity contribution in [3.63, 3.8) is 0 Å². The summed E-state index contributed by atoms with van der Waals surface area (Å²) >= 11 is 0. The molecule has 1 aromatic heterocycles. The number of phenolic OH excluding ortho intramolecular Hbond substituents is 1. The predicted octanol–water partition coefficient (Wildman–Crippen LogP) is 2.94.